The Morgan fingerprint density at radius 2 is 2.16 bits per heavy atom. The smallest absolute Gasteiger partial charge is 0.307 e. The molecule has 1 N–H and O–H groups in total. The van der Waals surface area contributed by atoms with Crippen LogP contribution in [0.25, 0.3) is 0 Å². The van der Waals surface area contributed by atoms with Crippen molar-refractivity contribution in [1.29, 1.82) is 0 Å². The van der Waals surface area contributed by atoms with Crippen LogP contribution in [0.15, 0.2) is 24.3 Å². The number of carbonyl (C=O) groups excluding carboxylic acids is 1. The van der Waals surface area contributed by atoms with Crippen molar-refractivity contribution < 1.29 is 9.53 Å². The van der Waals surface area contributed by atoms with Crippen LogP contribution in [0.5, 0.6) is 0 Å². The predicted molar refractivity (Wildman–Crippen MR) is 76.5 cm³/mol. The molecule has 1 aromatic rings. The third-order valence-electron chi connectivity index (χ3n) is 3.55. The van der Waals surface area contributed by atoms with Crippen LogP contribution in [0.2, 0.25) is 5.02 Å². The molecule has 0 spiro atoms. The topological polar surface area (TPSA) is 38.3 Å². The zero-order valence-corrected chi connectivity index (χ0v) is 12.0. The van der Waals surface area contributed by atoms with Crippen LogP contribution in [0, 0.1) is 0 Å². The van der Waals surface area contributed by atoms with Gasteiger partial charge in [-0.05, 0) is 37.3 Å². The summed E-state index contributed by atoms with van der Waals surface area (Å²) in [7, 11) is 0. The van der Waals surface area contributed by atoms with Crippen LogP contribution in [0.3, 0.4) is 0 Å². The third-order valence-corrected chi connectivity index (χ3v) is 3.89. The second-order valence-corrected chi connectivity index (χ2v) is 5.30. The lowest BCUT2D eigenvalue weighted by Crippen LogP contribution is -2.41. The van der Waals surface area contributed by atoms with Gasteiger partial charge in [-0.25, -0.2) is 0 Å². The number of esters is 1. The van der Waals surface area contributed by atoms with Gasteiger partial charge in [0.15, 0.2) is 0 Å². The van der Waals surface area contributed by atoms with Crippen molar-refractivity contribution in [3.8, 4) is 0 Å². The van der Waals surface area contributed by atoms with Gasteiger partial charge in [-0.2, -0.15) is 0 Å². The molecule has 4 heteroatoms. The molecule has 0 aliphatic heterocycles. The second kappa shape index (κ2) is 6.92. The number of ether oxygens (including phenoxy) is 1. The molecule has 1 aliphatic rings. The number of benzene rings is 1. The molecule has 1 aromatic carbocycles. The molecule has 0 amide bonds. The number of halogens is 1. The zero-order chi connectivity index (χ0) is 13.7. The monoisotopic (exact) mass is 281 g/mol. The number of carbonyl (C=O) groups is 1. The number of nitrogens with one attached hydrogen (secondary N) is 1. The molecule has 0 radical (unpaired) electrons. The largest absolute Gasteiger partial charge is 0.466 e. The van der Waals surface area contributed by atoms with E-state index < -0.39 is 0 Å². The number of rotatable bonds is 6. The molecule has 1 aliphatic carbocycles. The van der Waals surface area contributed by atoms with Crippen LogP contribution >= 0.6 is 11.6 Å². The highest BCUT2D eigenvalue weighted by Gasteiger charge is 2.30. The van der Waals surface area contributed by atoms with Crippen LogP contribution in [-0.4, -0.2) is 25.2 Å². The van der Waals surface area contributed by atoms with E-state index in [4.69, 9.17) is 16.3 Å². The van der Waals surface area contributed by atoms with E-state index in [9.17, 15) is 4.79 Å². The van der Waals surface area contributed by atoms with Gasteiger partial charge in [0.1, 0.15) is 0 Å². The van der Waals surface area contributed by atoms with E-state index in [1.54, 1.807) is 0 Å². The molecular weight excluding hydrogens is 262 g/mol. The van der Waals surface area contributed by atoms with Crippen molar-refractivity contribution in [2.75, 3.05) is 13.2 Å². The Bertz CT molecular complexity index is 430. The summed E-state index contributed by atoms with van der Waals surface area (Å²) in [6, 6.07) is 8.53. The van der Waals surface area contributed by atoms with Crippen LogP contribution in [0.4, 0.5) is 0 Å². The van der Waals surface area contributed by atoms with Crippen LogP contribution in [0.1, 0.15) is 37.7 Å². The fraction of sp³-hybridized carbons (Fsp3) is 0.533. The first-order chi connectivity index (χ1) is 9.20. The Balaban J connectivity index is 1.67. The number of hydrogen-bond donors (Lipinski definition) is 1. The minimum absolute atomic E-state index is 0.128. The lowest BCUT2D eigenvalue weighted by molar-refractivity contribution is -0.143. The third kappa shape index (κ3) is 3.95. The van der Waals surface area contributed by atoms with Crippen molar-refractivity contribution in [2.45, 2.75) is 38.1 Å². The summed E-state index contributed by atoms with van der Waals surface area (Å²) in [4.78, 5) is 11.2. The van der Waals surface area contributed by atoms with Gasteiger partial charge in [-0.3, -0.25) is 4.79 Å². The Morgan fingerprint density at radius 3 is 2.84 bits per heavy atom. The van der Waals surface area contributed by atoms with Crippen molar-refractivity contribution in [1.82, 2.24) is 5.32 Å². The Labute approximate surface area is 119 Å². The molecule has 104 valence electrons. The maximum atomic E-state index is 11.2. The van der Waals surface area contributed by atoms with Gasteiger partial charge < -0.3 is 10.1 Å². The average Bonchev–Trinajstić information content (AvgIpc) is 2.34. The highest BCUT2D eigenvalue weighted by Crippen LogP contribution is 2.39. The highest BCUT2D eigenvalue weighted by atomic mass is 35.5. The summed E-state index contributed by atoms with van der Waals surface area (Å²) in [6.45, 7) is 2.97. The Hall–Kier alpha value is -1.06. The summed E-state index contributed by atoms with van der Waals surface area (Å²) in [6.07, 6.45) is 2.63. The minimum atomic E-state index is -0.128. The molecule has 0 bridgehead atoms. The van der Waals surface area contributed by atoms with Gasteiger partial charge in [0, 0.05) is 17.6 Å². The molecule has 3 nitrogen and oxygen atoms in total. The minimum Gasteiger partial charge on any atom is -0.466 e. The molecule has 0 saturated heterocycles. The zero-order valence-electron chi connectivity index (χ0n) is 11.2. The van der Waals surface area contributed by atoms with E-state index in [0.717, 1.165) is 17.9 Å². The first-order valence-corrected chi connectivity index (χ1v) is 7.22. The van der Waals surface area contributed by atoms with Gasteiger partial charge in [0.2, 0.25) is 0 Å². The van der Waals surface area contributed by atoms with Crippen molar-refractivity contribution >= 4 is 17.6 Å². The fourth-order valence-corrected chi connectivity index (χ4v) is 2.75. The summed E-state index contributed by atoms with van der Waals surface area (Å²) in [5, 5.41) is 4.24. The molecule has 19 heavy (non-hydrogen) atoms. The normalized spacial score (nSPS) is 21.8. The quantitative estimate of drug-likeness (QED) is 0.814. The van der Waals surface area contributed by atoms with Crippen LogP contribution in [-0.2, 0) is 9.53 Å². The molecule has 0 unspecified atom stereocenters. The first kappa shape index (κ1) is 14.4. The summed E-state index contributed by atoms with van der Waals surface area (Å²) in [5.74, 6) is 0.422. The van der Waals surface area contributed by atoms with Crippen molar-refractivity contribution in [3.63, 3.8) is 0 Å². The maximum absolute atomic E-state index is 11.2. The highest BCUT2D eigenvalue weighted by molar-refractivity contribution is 6.31. The molecule has 1 fully saturated rings. The first-order valence-electron chi connectivity index (χ1n) is 6.84. The molecular formula is C15H20ClNO2. The van der Waals surface area contributed by atoms with Crippen molar-refractivity contribution in [2.24, 2.45) is 0 Å². The SMILES string of the molecule is CCOC(=O)CCNC1CC(c2ccccc2Cl)C1. The van der Waals surface area contributed by atoms with E-state index in [1.165, 1.54) is 5.56 Å². The molecule has 0 atom stereocenters. The Kier molecular flexibility index (Phi) is 5.23. The van der Waals surface area contributed by atoms with Gasteiger partial charge in [-0.15, -0.1) is 0 Å². The summed E-state index contributed by atoms with van der Waals surface area (Å²) < 4.78 is 4.89. The van der Waals surface area contributed by atoms with E-state index in [1.807, 2.05) is 25.1 Å². The maximum Gasteiger partial charge on any atom is 0.307 e. The lowest BCUT2D eigenvalue weighted by Gasteiger charge is -2.36. The lowest BCUT2D eigenvalue weighted by atomic mass is 9.76. The predicted octanol–water partition coefficient (Wildman–Crippen LogP) is 3.13. The number of hydrogen-bond acceptors (Lipinski definition) is 3. The fourth-order valence-electron chi connectivity index (χ4n) is 2.46. The average molecular weight is 282 g/mol. The molecule has 1 saturated carbocycles. The van der Waals surface area contributed by atoms with Gasteiger partial charge >= 0.3 is 5.97 Å². The molecule has 0 aromatic heterocycles. The van der Waals surface area contributed by atoms with Crippen LogP contribution < -0.4 is 5.32 Å². The summed E-state index contributed by atoms with van der Waals surface area (Å²) >= 11 is 6.18. The summed E-state index contributed by atoms with van der Waals surface area (Å²) in [5.41, 5.74) is 1.24. The molecule has 0 heterocycles. The molecule has 2 rings (SSSR count). The Morgan fingerprint density at radius 1 is 1.42 bits per heavy atom. The van der Waals surface area contributed by atoms with E-state index in [-0.39, 0.29) is 5.97 Å². The van der Waals surface area contributed by atoms with Gasteiger partial charge in [0.05, 0.1) is 13.0 Å². The van der Waals surface area contributed by atoms with Gasteiger partial charge in [-0.1, -0.05) is 29.8 Å². The van der Waals surface area contributed by atoms with E-state index in [0.29, 0.717) is 31.5 Å². The standard InChI is InChI=1S/C15H20ClNO2/c1-2-19-15(18)7-8-17-12-9-11(10-12)13-5-3-4-6-14(13)16/h3-6,11-12,17H,2,7-10H2,1H3. The van der Waals surface area contributed by atoms with E-state index in [2.05, 4.69) is 11.4 Å². The second-order valence-electron chi connectivity index (χ2n) is 4.90. The van der Waals surface area contributed by atoms with Crippen molar-refractivity contribution in [3.05, 3.63) is 34.9 Å². The van der Waals surface area contributed by atoms with E-state index >= 15 is 0 Å². The van der Waals surface area contributed by atoms with Gasteiger partial charge in [0.25, 0.3) is 0 Å².